The molecular formula is C25H16FN3O4S. The quantitative estimate of drug-likeness (QED) is 0.335. The summed E-state index contributed by atoms with van der Waals surface area (Å²) in [7, 11) is 0. The lowest BCUT2D eigenvalue weighted by Crippen LogP contribution is -2.16. The third-order valence-corrected chi connectivity index (χ3v) is 6.16. The molecule has 34 heavy (non-hydrogen) atoms. The van der Waals surface area contributed by atoms with Crippen molar-refractivity contribution in [2.75, 3.05) is 5.32 Å². The van der Waals surface area contributed by atoms with Gasteiger partial charge in [-0.05, 0) is 35.4 Å². The highest BCUT2D eigenvalue weighted by Crippen LogP contribution is 2.30. The summed E-state index contributed by atoms with van der Waals surface area (Å²) in [6, 6.07) is 18.2. The van der Waals surface area contributed by atoms with Gasteiger partial charge in [-0.15, -0.1) is 11.3 Å². The van der Waals surface area contributed by atoms with E-state index in [2.05, 4.69) is 15.3 Å². The number of aliphatic carboxylic acids is 1. The molecule has 2 aromatic heterocycles. The van der Waals surface area contributed by atoms with E-state index in [1.165, 1.54) is 29.9 Å². The van der Waals surface area contributed by atoms with Gasteiger partial charge in [0, 0.05) is 10.9 Å². The van der Waals surface area contributed by atoms with Crippen LogP contribution in [0.3, 0.4) is 0 Å². The highest BCUT2D eigenvalue weighted by atomic mass is 32.1. The van der Waals surface area contributed by atoms with Gasteiger partial charge in [0.25, 0.3) is 5.91 Å². The van der Waals surface area contributed by atoms with Gasteiger partial charge < -0.3 is 14.8 Å². The molecule has 2 heterocycles. The number of carboxylic acids is 1. The largest absolute Gasteiger partial charge is 0.481 e. The number of rotatable bonds is 6. The van der Waals surface area contributed by atoms with Gasteiger partial charge in [-0.25, -0.2) is 14.4 Å². The van der Waals surface area contributed by atoms with Gasteiger partial charge in [0.1, 0.15) is 28.0 Å². The third-order valence-electron chi connectivity index (χ3n) is 5.27. The summed E-state index contributed by atoms with van der Waals surface area (Å²) < 4.78 is 20.1. The van der Waals surface area contributed by atoms with E-state index in [0.29, 0.717) is 21.7 Å². The van der Waals surface area contributed by atoms with E-state index >= 15 is 0 Å². The Morgan fingerprint density at radius 3 is 2.56 bits per heavy atom. The monoisotopic (exact) mass is 473 g/mol. The number of hydrogen-bond acceptors (Lipinski definition) is 6. The van der Waals surface area contributed by atoms with Crippen LogP contribution in [0.2, 0.25) is 0 Å². The molecule has 168 valence electrons. The number of hydrogen-bond donors (Lipinski definition) is 2. The van der Waals surface area contributed by atoms with Crippen molar-refractivity contribution in [3.63, 3.8) is 0 Å². The van der Waals surface area contributed by atoms with Crippen LogP contribution in [0.15, 0.2) is 82.9 Å². The fourth-order valence-electron chi connectivity index (χ4n) is 3.62. The standard InChI is InChI=1S/C25H16FN3O4S/c26-17-10-15(22(25(31)32)16-7-9-21-19(11-16)27-13-33-21)6-8-18(17)28-23(30)20-12-34-24(29-20)14-4-2-1-3-5-14/h1-13,22H,(H,28,30)(H,31,32). The highest BCUT2D eigenvalue weighted by Gasteiger charge is 2.24. The van der Waals surface area contributed by atoms with Gasteiger partial charge in [-0.2, -0.15) is 0 Å². The number of oxazole rings is 1. The Morgan fingerprint density at radius 1 is 1.03 bits per heavy atom. The number of benzene rings is 3. The maximum absolute atomic E-state index is 14.9. The van der Waals surface area contributed by atoms with Crippen LogP contribution in [0.1, 0.15) is 27.5 Å². The molecule has 9 heteroatoms. The molecule has 1 unspecified atom stereocenters. The highest BCUT2D eigenvalue weighted by molar-refractivity contribution is 7.13. The molecule has 0 aliphatic rings. The minimum absolute atomic E-state index is 0.0703. The zero-order valence-corrected chi connectivity index (χ0v) is 18.3. The normalized spacial score (nSPS) is 11.9. The smallest absolute Gasteiger partial charge is 0.315 e. The molecule has 0 saturated heterocycles. The molecule has 0 saturated carbocycles. The number of thiazole rings is 1. The van der Waals surface area contributed by atoms with Crippen LogP contribution < -0.4 is 5.32 Å². The lowest BCUT2D eigenvalue weighted by Gasteiger charge is -2.15. The SMILES string of the molecule is O=C(Nc1ccc(C(C(=O)O)c2ccc3ocnc3c2)cc1F)c1csc(-c2ccccc2)n1. The molecule has 0 radical (unpaired) electrons. The van der Waals surface area contributed by atoms with Crippen molar-refractivity contribution in [1.29, 1.82) is 0 Å². The molecule has 1 amide bonds. The Balaban J connectivity index is 1.38. The number of carboxylic acid groups (broad SMARTS) is 1. The van der Waals surface area contributed by atoms with Crippen molar-refractivity contribution in [2.45, 2.75) is 5.92 Å². The van der Waals surface area contributed by atoms with Gasteiger partial charge in [-0.3, -0.25) is 9.59 Å². The number of aromatic nitrogens is 2. The second-order valence-electron chi connectivity index (χ2n) is 7.45. The molecular weight excluding hydrogens is 457 g/mol. The van der Waals surface area contributed by atoms with Crippen molar-refractivity contribution in [3.05, 3.63) is 101 Å². The van der Waals surface area contributed by atoms with Crippen LogP contribution in [0, 0.1) is 5.82 Å². The van der Waals surface area contributed by atoms with Crippen LogP contribution in [0.4, 0.5) is 10.1 Å². The molecule has 0 aliphatic carbocycles. The lowest BCUT2D eigenvalue weighted by molar-refractivity contribution is -0.137. The van der Waals surface area contributed by atoms with E-state index in [-0.39, 0.29) is 16.9 Å². The Kier molecular flexibility index (Phi) is 5.60. The first kappa shape index (κ1) is 21.5. The summed E-state index contributed by atoms with van der Waals surface area (Å²) in [5.41, 5.74) is 2.66. The van der Waals surface area contributed by atoms with Crippen LogP contribution >= 0.6 is 11.3 Å². The number of halogens is 1. The third kappa shape index (κ3) is 4.16. The van der Waals surface area contributed by atoms with Gasteiger partial charge in [0.15, 0.2) is 12.0 Å². The molecule has 0 bridgehead atoms. The molecule has 0 fully saturated rings. The van der Waals surface area contributed by atoms with E-state index in [9.17, 15) is 19.1 Å². The molecule has 5 aromatic rings. The molecule has 7 nitrogen and oxygen atoms in total. The van der Waals surface area contributed by atoms with Crippen LogP contribution in [0.5, 0.6) is 0 Å². The fraction of sp³-hybridized carbons (Fsp3) is 0.0400. The first-order valence-electron chi connectivity index (χ1n) is 10.2. The number of nitrogens with zero attached hydrogens (tertiary/aromatic N) is 2. The molecule has 0 spiro atoms. The average Bonchev–Trinajstić information content (AvgIpc) is 3.51. The van der Waals surface area contributed by atoms with Crippen molar-refractivity contribution in [1.82, 2.24) is 9.97 Å². The Morgan fingerprint density at radius 2 is 1.79 bits per heavy atom. The Bertz CT molecular complexity index is 1510. The van der Waals surface area contributed by atoms with E-state index in [0.717, 1.165) is 11.6 Å². The Labute approximate surface area is 196 Å². The topological polar surface area (TPSA) is 105 Å². The van der Waals surface area contributed by atoms with Crippen molar-refractivity contribution < 1.29 is 23.5 Å². The average molecular weight is 473 g/mol. The van der Waals surface area contributed by atoms with Crippen molar-refractivity contribution in [2.24, 2.45) is 0 Å². The molecule has 0 aliphatic heterocycles. The van der Waals surface area contributed by atoms with Gasteiger partial charge in [0.2, 0.25) is 0 Å². The molecule has 3 aromatic carbocycles. The van der Waals surface area contributed by atoms with Gasteiger partial charge in [-0.1, -0.05) is 42.5 Å². The fourth-order valence-corrected chi connectivity index (χ4v) is 4.43. The number of fused-ring (bicyclic) bond motifs is 1. The van der Waals surface area contributed by atoms with E-state index in [4.69, 9.17) is 4.42 Å². The summed E-state index contributed by atoms with van der Waals surface area (Å²) in [6.07, 6.45) is 1.27. The summed E-state index contributed by atoms with van der Waals surface area (Å²) >= 11 is 1.31. The first-order chi connectivity index (χ1) is 16.5. The predicted molar refractivity (Wildman–Crippen MR) is 125 cm³/mol. The molecule has 2 N–H and O–H groups in total. The number of carbonyl (C=O) groups excluding carboxylic acids is 1. The Hall–Kier alpha value is -4.37. The van der Waals surface area contributed by atoms with Gasteiger partial charge >= 0.3 is 5.97 Å². The summed E-state index contributed by atoms with van der Waals surface area (Å²) in [4.78, 5) is 33.0. The maximum atomic E-state index is 14.9. The van der Waals surface area contributed by atoms with Crippen molar-refractivity contribution in [3.8, 4) is 10.6 Å². The van der Waals surface area contributed by atoms with E-state index in [1.807, 2.05) is 30.3 Å². The van der Waals surface area contributed by atoms with E-state index < -0.39 is 23.6 Å². The number of carbonyl (C=O) groups is 2. The lowest BCUT2D eigenvalue weighted by atomic mass is 9.91. The summed E-state index contributed by atoms with van der Waals surface area (Å²) in [5.74, 6) is -3.57. The van der Waals surface area contributed by atoms with Crippen LogP contribution in [0.25, 0.3) is 21.7 Å². The van der Waals surface area contributed by atoms with Crippen LogP contribution in [-0.4, -0.2) is 27.0 Å². The first-order valence-corrected chi connectivity index (χ1v) is 11.1. The van der Waals surface area contributed by atoms with Gasteiger partial charge in [0.05, 0.1) is 5.69 Å². The second-order valence-corrected chi connectivity index (χ2v) is 8.31. The number of nitrogens with one attached hydrogen (secondary N) is 1. The maximum Gasteiger partial charge on any atom is 0.315 e. The minimum atomic E-state index is -1.14. The van der Waals surface area contributed by atoms with Crippen LogP contribution in [-0.2, 0) is 4.79 Å². The predicted octanol–water partition coefficient (Wildman–Crippen LogP) is 5.56. The van der Waals surface area contributed by atoms with E-state index in [1.54, 1.807) is 23.6 Å². The number of amides is 1. The second kappa shape index (κ2) is 8.87. The molecule has 5 rings (SSSR count). The summed E-state index contributed by atoms with van der Waals surface area (Å²) in [5, 5.41) is 14.6. The molecule has 1 atom stereocenters. The zero-order chi connectivity index (χ0) is 23.7. The minimum Gasteiger partial charge on any atom is -0.481 e. The van der Waals surface area contributed by atoms with Crippen molar-refractivity contribution >= 4 is 40.0 Å². The summed E-state index contributed by atoms with van der Waals surface area (Å²) in [6.45, 7) is 0. The zero-order valence-electron chi connectivity index (χ0n) is 17.4. The number of anilines is 1.